The Bertz CT molecular complexity index is 357. The van der Waals surface area contributed by atoms with Gasteiger partial charge < -0.3 is 0 Å². The Morgan fingerprint density at radius 2 is 2.21 bits per heavy atom. The van der Waals surface area contributed by atoms with E-state index >= 15 is 0 Å². The van der Waals surface area contributed by atoms with Gasteiger partial charge in [0.2, 0.25) is 0 Å². The average molecular weight is 224 g/mol. The molecule has 0 aliphatic rings. The Labute approximate surface area is 82.7 Å². The van der Waals surface area contributed by atoms with E-state index in [1.165, 1.54) is 0 Å². The van der Waals surface area contributed by atoms with Gasteiger partial charge in [-0.2, -0.15) is 0 Å². The molecule has 0 saturated heterocycles. The van der Waals surface area contributed by atoms with Crippen LogP contribution in [0, 0.1) is 5.82 Å². The largest absolute Gasteiger partial charge is 0.296 e. The molecule has 1 heterocycles. The third-order valence-corrected chi connectivity index (χ3v) is 1.94. The molecule has 0 spiro atoms. The first-order valence-electron chi connectivity index (χ1n) is 3.58. The van der Waals surface area contributed by atoms with Crippen LogP contribution >= 0.6 is 11.6 Å². The second-order valence-electron chi connectivity index (χ2n) is 2.44. The van der Waals surface area contributed by atoms with Gasteiger partial charge >= 0.3 is 0 Å². The molecule has 1 aromatic heterocycles. The Kier molecular flexibility index (Phi) is 3.46. The number of pyridine rings is 1. The monoisotopic (exact) mass is 223 g/mol. The second kappa shape index (κ2) is 4.41. The Morgan fingerprint density at radius 1 is 1.57 bits per heavy atom. The van der Waals surface area contributed by atoms with Crippen molar-refractivity contribution in [2.75, 3.05) is 0 Å². The van der Waals surface area contributed by atoms with Crippen molar-refractivity contribution in [1.29, 1.82) is 0 Å². The Morgan fingerprint density at radius 3 is 2.64 bits per heavy atom. The van der Waals surface area contributed by atoms with Crippen LogP contribution in [0.4, 0.5) is 13.2 Å². The van der Waals surface area contributed by atoms with Crippen molar-refractivity contribution in [3.05, 3.63) is 28.8 Å². The summed E-state index contributed by atoms with van der Waals surface area (Å²) in [5.41, 5.74) is -1.58. The van der Waals surface area contributed by atoms with Gasteiger partial charge in [-0.25, -0.2) is 18.2 Å². The Hall–Kier alpha value is -1.10. The maximum absolute atomic E-state index is 12.9. The molecule has 76 valence electrons. The number of hydrogen-bond acceptors (Lipinski definition) is 2. The average Bonchev–Trinajstić information content (AvgIpc) is 2.17. The number of alkyl halides is 3. The number of aldehydes is 1. The first kappa shape index (κ1) is 11.0. The summed E-state index contributed by atoms with van der Waals surface area (Å²) in [6, 6.07) is 0. The minimum Gasteiger partial charge on any atom is -0.296 e. The first-order valence-corrected chi connectivity index (χ1v) is 4.11. The van der Waals surface area contributed by atoms with Gasteiger partial charge in [-0.1, -0.05) is 0 Å². The number of nitrogens with zero attached hydrogens (tertiary/aromatic N) is 1. The summed E-state index contributed by atoms with van der Waals surface area (Å²) >= 11 is 5.29. The van der Waals surface area contributed by atoms with E-state index in [4.69, 9.17) is 11.6 Å². The quantitative estimate of drug-likeness (QED) is 0.583. The molecule has 1 aromatic rings. The van der Waals surface area contributed by atoms with Crippen molar-refractivity contribution in [3.8, 4) is 0 Å². The molecule has 6 heteroatoms. The molecular formula is C8H5ClF3NO. The predicted octanol–water partition coefficient (Wildman–Crippen LogP) is 2.71. The smallest absolute Gasteiger partial charge is 0.266 e. The lowest BCUT2D eigenvalue weighted by Crippen LogP contribution is -2.04. The van der Waals surface area contributed by atoms with Crippen LogP contribution in [-0.4, -0.2) is 11.3 Å². The molecule has 0 saturated carbocycles. The highest BCUT2D eigenvalue weighted by Gasteiger charge is 2.21. The molecular weight excluding hydrogens is 219 g/mol. The van der Waals surface area contributed by atoms with Crippen LogP contribution in [0.5, 0.6) is 0 Å². The summed E-state index contributed by atoms with van der Waals surface area (Å²) in [4.78, 5) is 13.6. The molecule has 2 nitrogen and oxygen atoms in total. The van der Waals surface area contributed by atoms with E-state index in [9.17, 15) is 18.0 Å². The zero-order valence-electron chi connectivity index (χ0n) is 6.81. The second-order valence-corrected chi connectivity index (χ2v) is 2.70. The van der Waals surface area contributed by atoms with Gasteiger partial charge in [0.15, 0.2) is 6.29 Å². The van der Waals surface area contributed by atoms with Crippen LogP contribution in [0.1, 0.15) is 28.0 Å². The van der Waals surface area contributed by atoms with Gasteiger partial charge in [-0.15, -0.1) is 11.6 Å². The SMILES string of the molecule is O=Cc1ncc(F)c(CCl)c1C(F)F. The fourth-order valence-corrected chi connectivity index (χ4v) is 1.30. The van der Waals surface area contributed by atoms with Gasteiger partial charge in [0, 0.05) is 5.56 Å². The highest BCUT2D eigenvalue weighted by Crippen LogP contribution is 2.27. The predicted molar refractivity (Wildman–Crippen MR) is 44.1 cm³/mol. The zero-order chi connectivity index (χ0) is 10.7. The van der Waals surface area contributed by atoms with Crippen LogP contribution in [0.15, 0.2) is 6.20 Å². The van der Waals surface area contributed by atoms with E-state index in [0.29, 0.717) is 6.20 Å². The maximum atomic E-state index is 12.9. The highest BCUT2D eigenvalue weighted by atomic mass is 35.5. The molecule has 0 bridgehead atoms. The fraction of sp³-hybridized carbons (Fsp3) is 0.250. The topological polar surface area (TPSA) is 30.0 Å². The fourth-order valence-electron chi connectivity index (χ4n) is 1.03. The zero-order valence-corrected chi connectivity index (χ0v) is 7.56. The minimum atomic E-state index is -2.97. The third kappa shape index (κ3) is 1.87. The normalized spacial score (nSPS) is 10.6. The van der Waals surface area contributed by atoms with Crippen LogP contribution in [-0.2, 0) is 5.88 Å². The summed E-state index contributed by atoms with van der Waals surface area (Å²) in [5, 5.41) is 0. The highest BCUT2D eigenvalue weighted by molar-refractivity contribution is 6.17. The molecule has 0 amide bonds. The summed E-state index contributed by atoms with van der Waals surface area (Å²) in [6.07, 6.45) is -2.11. The molecule has 1 rings (SSSR count). The maximum Gasteiger partial charge on any atom is 0.266 e. The van der Waals surface area contributed by atoms with Crippen molar-refractivity contribution >= 4 is 17.9 Å². The number of aromatic nitrogens is 1. The first-order chi connectivity index (χ1) is 6.61. The van der Waals surface area contributed by atoms with Crippen molar-refractivity contribution in [2.45, 2.75) is 12.3 Å². The molecule has 0 unspecified atom stereocenters. The van der Waals surface area contributed by atoms with Crippen molar-refractivity contribution < 1.29 is 18.0 Å². The van der Waals surface area contributed by atoms with Crippen LogP contribution in [0.25, 0.3) is 0 Å². The Balaban J connectivity index is 3.43. The van der Waals surface area contributed by atoms with Gasteiger partial charge in [0.25, 0.3) is 6.43 Å². The van der Waals surface area contributed by atoms with E-state index in [1.54, 1.807) is 0 Å². The summed E-state index contributed by atoms with van der Waals surface area (Å²) < 4.78 is 37.8. The van der Waals surface area contributed by atoms with Crippen LogP contribution < -0.4 is 0 Å². The van der Waals surface area contributed by atoms with Gasteiger partial charge in [0.05, 0.1) is 17.6 Å². The van der Waals surface area contributed by atoms with Crippen LogP contribution in [0.3, 0.4) is 0 Å². The molecule has 0 radical (unpaired) electrons. The molecule has 0 N–H and O–H groups in total. The van der Waals surface area contributed by atoms with Crippen molar-refractivity contribution in [2.24, 2.45) is 0 Å². The number of halogens is 4. The summed E-state index contributed by atoms with van der Waals surface area (Å²) in [6.45, 7) is 0. The summed E-state index contributed by atoms with van der Waals surface area (Å²) in [7, 11) is 0. The molecule has 14 heavy (non-hydrogen) atoms. The van der Waals surface area contributed by atoms with E-state index in [-0.39, 0.29) is 11.8 Å². The van der Waals surface area contributed by atoms with Gasteiger partial charge in [0.1, 0.15) is 11.5 Å². The molecule has 0 aliphatic heterocycles. The number of hydrogen-bond donors (Lipinski definition) is 0. The number of carbonyl (C=O) groups excluding carboxylic acids is 1. The van der Waals surface area contributed by atoms with E-state index < -0.39 is 29.4 Å². The van der Waals surface area contributed by atoms with E-state index in [0.717, 1.165) is 0 Å². The summed E-state index contributed by atoms with van der Waals surface area (Å²) in [5.74, 6) is -1.35. The third-order valence-electron chi connectivity index (χ3n) is 1.67. The number of carbonyl (C=O) groups is 1. The van der Waals surface area contributed by atoms with Crippen molar-refractivity contribution in [3.63, 3.8) is 0 Å². The van der Waals surface area contributed by atoms with E-state index in [2.05, 4.69) is 4.98 Å². The molecule has 0 aliphatic carbocycles. The molecule has 0 fully saturated rings. The molecule has 0 atom stereocenters. The number of rotatable bonds is 3. The lowest BCUT2D eigenvalue weighted by molar-refractivity contribution is 0.110. The van der Waals surface area contributed by atoms with Crippen LogP contribution in [0.2, 0.25) is 0 Å². The lowest BCUT2D eigenvalue weighted by atomic mass is 10.1. The van der Waals surface area contributed by atoms with Crippen molar-refractivity contribution in [1.82, 2.24) is 4.98 Å². The van der Waals surface area contributed by atoms with Gasteiger partial charge in [-0.3, -0.25) is 4.79 Å². The standard InChI is InChI=1S/C8H5ClF3NO/c9-1-4-5(10)2-13-6(3-14)7(4)8(11)12/h2-3,8H,1H2. The molecule has 0 aromatic carbocycles. The lowest BCUT2D eigenvalue weighted by Gasteiger charge is -2.08. The van der Waals surface area contributed by atoms with Gasteiger partial charge in [-0.05, 0) is 0 Å². The van der Waals surface area contributed by atoms with E-state index in [1.807, 2.05) is 0 Å². The minimum absolute atomic E-state index is 0.150.